The standard InChI is InChI=1S/C11H20O2.C9H13N/c1-2-3-4-5-6-7-8-9-10-11(12)13;1-8(10)7-9-5-3-2-4-6-9/h2H,1,3-10H2,(H,12,13);2-6,8H,7,10H2,1H3. The van der Waals surface area contributed by atoms with Gasteiger partial charge in [-0.05, 0) is 38.2 Å². The average molecular weight is 319 g/mol. The van der Waals surface area contributed by atoms with Gasteiger partial charge in [0.2, 0.25) is 0 Å². The van der Waals surface area contributed by atoms with Crippen LogP contribution in [0.3, 0.4) is 0 Å². The summed E-state index contributed by atoms with van der Waals surface area (Å²) in [5.41, 5.74) is 6.94. The maximum absolute atomic E-state index is 10.2. The fourth-order valence-electron chi connectivity index (χ4n) is 2.26. The van der Waals surface area contributed by atoms with E-state index in [0.717, 1.165) is 25.7 Å². The number of nitrogens with two attached hydrogens (primary N) is 1. The molecule has 0 saturated heterocycles. The van der Waals surface area contributed by atoms with E-state index in [1.54, 1.807) is 0 Å². The molecule has 1 atom stereocenters. The number of carbonyl (C=O) groups is 1. The Bertz CT molecular complexity index is 401. The molecule has 130 valence electrons. The maximum atomic E-state index is 10.2. The van der Waals surface area contributed by atoms with Crippen molar-refractivity contribution in [3.05, 3.63) is 48.6 Å². The van der Waals surface area contributed by atoms with Gasteiger partial charge in [-0.25, -0.2) is 0 Å². The largest absolute Gasteiger partial charge is 0.481 e. The van der Waals surface area contributed by atoms with Gasteiger partial charge in [0.1, 0.15) is 0 Å². The molecule has 0 aliphatic rings. The molecule has 0 spiro atoms. The van der Waals surface area contributed by atoms with Crippen LogP contribution in [0.4, 0.5) is 0 Å². The van der Waals surface area contributed by atoms with Crippen LogP contribution >= 0.6 is 0 Å². The van der Waals surface area contributed by atoms with E-state index < -0.39 is 5.97 Å². The molecule has 0 aliphatic heterocycles. The van der Waals surface area contributed by atoms with E-state index in [9.17, 15) is 4.79 Å². The van der Waals surface area contributed by atoms with Crippen molar-refractivity contribution in [1.29, 1.82) is 0 Å². The van der Waals surface area contributed by atoms with Crippen LogP contribution < -0.4 is 5.73 Å². The van der Waals surface area contributed by atoms with Crippen molar-refractivity contribution in [1.82, 2.24) is 0 Å². The molecule has 3 nitrogen and oxygen atoms in total. The summed E-state index contributed by atoms with van der Waals surface area (Å²) in [7, 11) is 0. The van der Waals surface area contributed by atoms with Crippen LogP contribution in [-0.4, -0.2) is 17.1 Å². The van der Waals surface area contributed by atoms with E-state index in [1.165, 1.54) is 31.2 Å². The van der Waals surface area contributed by atoms with Crippen molar-refractivity contribution < 1.29 is 9.90 Å². The number of hydrogen-bond donors (Lipinski definition) is 2. The summed E-state index contributed by atoms with van der Waals surface area (Å²) in [6, 6.07) is 10.6. The maximum Gasteiger partial charge on any atom is 0.303 e. The van der Waals surface area contributed by atoms with Crippen molar-refractivity contribution >= 4 is 5.97 Å². The SMILES string of the molecule is C=CCCCCCCCCC(=O)O.CC(N)Cc1ccccc1. The molecule has 0 radical (unpaired) electrons. The Balaban J connectivity index is 0.000000433. The second kappa shape index (κ2) is 15.3. The summed E-state index contributed by atoms with van der Waals surface area (Å²) in [5, 5.41) is 8.38. The summed E-state index contributed by atoms with van der Waals surface area (Å²) in [5.74, 6) is -0.674. The summed E-state index contributed by atoms with van der Waals surface area (Å²) in [6.07, 6.45) is 11.1. The Morgan fingerprint density at radius 2 is 1.70 bits per heavy atom. The van der Waals surface area contributed by atoms with E-state index >= 15 is 0 Å². The summed E-state index contributed by atoms with van der Waals surface area (Å²) < 4.78 is 0. The normalized spacial score (nSPS) is 11.2. The topological polar surface area (TPSA) is 63.3 Å². The van der Waals surface area contributed by atoms with Gasteiger partial charge in [0.25, 0.3) is 0 Å². The highest BCUT2D eigenvalue weighted by Crippen LogP contribution is 2.08. The van der Waals surface area contributed by atoms with Crippen LogP contribution in [0, 0.1) is 0 Å². The number of rotatable bonds is 11. The number of carboxylic acids is 1. The average Bonchev–Trinajstić information content (AvgIpc) is 2.51. The third-order valence-corrected chi connectivity index (χ3v) is 3.45. The predicted octanol–water partition coefficient (Wildman–Crippen LogP) is 4.95. The molecule has 0 heterocycles. The number of hydrogen-bond acceptors (Lipinski definition) is 2. The minimum atomic E-state index is -0.674. The molecular weight excluding hydrogens is 286 g/mol. The molecule has 1 unspecified atom stereocenters. The molecule has 0 aromatic heterocycles. The molecule has 0 fully saturated rings. The lowest BCUT2D eigenvalue weighted by Gasteiger charge is -2.02. The van der Waals surface area contributed by atoms with E-state index in [-0.39, 0.29) is 6.04 Å². The van der Waals surface area contributed by atoms with E-state index in [0.29, 0.717) is 6.42 Å². The zero-order valence-corrected chi connectivity index (χ0v) is 14.5. The fourth-order valence-corrected chi connectivity index (χ4v) is 2.26. The molecular formula is C20H33NO2. The Morgan fingerprint density at radius 3 is 2.22 bits per heavy atom. The molecule has 0 amide bonds. The first-order chi connectivity index (χ1) is 11.1. The number of unbranched alkanes of at least 4 members (excludes halogenated alkanes) is 6. The molecule has 1 aromatic rings. The predicted molar refractivity (Wildman–Crippen MR) is 98.6 cm³/mol. The molecule has 0 bridgehead atoms. The van der Waals surface area contributed by atoms with Gasteiger partial charge in [-0.1, -0.05) is 62.1 Å². The molecule has 3 heteroatoms. The zero-order valence-electron chi connectivity index (χ0n) is 14.5. The van der Waals surface area contributed by atoms with Crippen molar-refractivity contribution in [3.63, 3.8) is 0 Å². The quantitative estimate of drug-likeness (QED) is 0.448. The summed E-state index contributed by atoms with van der Waals surface area (Å²) >= 11 is 0. The smallest absolute Gasteiger partial charge is 0.303 e. The fraction of sp³-hybridized carbons (Fsp3) is 0.550. The lowest BCUT2D eigenvalue weighted by Crippen LogP contribution is -2.17. The monoisotopic (exact) mass is 319 g/mol. The number of allylic oxidation sites excluding steroid dienone is 1. The van der Waals surface area contributed by atoms with Crippen molar-refractivity contribution in [2.24, 2.45) is 5.73 Å². The van der Waals surface area contributed by atoms with Gasteiger partial charge < -0.3 is 10.8 Å². The molecule has 0 saturated carbocycles. The Labute approximate surface area is 141 Å². The minimum Gasteiger partial charge on any atom is -0.481 e. The van der Waals surface area contributed by atoms with Gasteiger partial charge in [-0.15, -0.1) is 6.58 Å². The second-order valence-electron chi connectivity index (χ2n) is 6.01. The first-order valence-corrected chi connectivity index (χ1v) is 8.68. The number of aliphatic carboxylic acids is 1. The van der Waals surface area contributed by atoms with Crippen molar-refractivity contribution in [3.8, 4) is 0 Å². The third kappa shape index (κ3) is 16.6. The Kier molecular flexibility index (Phi) is 14.2. The van der Waals surface area contributed by atoms with Gasteiger partial charge >= 0.3 is 5.97 Å². The van der Waals surface area contributed by atoms with Gasteiger partial charge in [0.15, 0.2) is 0 Å². The number of carboxylic acid groups (broad SMARTS) is 1. The van der Waals surface area contributed by atoms with E-state index in [1.807, 2.05) is 31.2 Å². The van der Waals surface area contributed by atoms with Crippen LogP contribution in [-0.2, 0) is 11.2 Å². The van der Waals surface area contributed by atoms with Gasteiger partial charge in [0.05, 0.1) is 0 Å². The van der Waals surface area contributed by atoms with E-state index in [4.69, 9.17) is 10.8 Å². The highest BCUT2D eigenvalue weighted by Gasteiger charge is 1.96. The lowest BCUT2D eigenvalue weighted by atomic mass is 10.1. The molecule has 0 aliphatic carbocycles. The van der Waals surface area contributed by atoms with Gasteiger partial charge in [-0.2, -0.15) is 0 Å². The minimum absolute atomic E-state index is 0.266. The first kappa shape index (κ1) is 21.4. The van der Waals surface area contributed by atoms with E-state index in [2.05, 4.69) is 18.7 Å². The second-order valence-corrected chi connectivity index (χ2v) is 6.01. The van der Waals surface area contributed by atoms with Crippen LogP contribution in [0.25, 0.3) is 0 Å². The first-order valence-electron chi connectivity index (χ1n) is 8.68. The summed E-state index contributed by atoms with van der Waals surface area (Å²) in [4.78, 5) is 10.2. The Hall–Kier alpha value is -1.61. The van der Waals surface area contributed by atoms with Crippen LogP contribution in [0.15, 0.2) is 43.0 Å². The molecule has 1 aromatic carbocycles. The zero-order chi connectivity index (χ0) is 17.3. The highest BCUT2D eigenvalue weighted by atomic mass is 16.4. The van der Waals surface area contributed by atoms with Crippen molar-refractivity contribution in [2.45, 2.75) is 70.8 Å². The number of benzene rings is 1. The van der Waals surface area contributed by atoms with Gasteiger partial charge in [0, 0.05) is 12.5 Å². The van der Waals surface area contributed by atoms with Crippen molar-refractivity contribution in [2.75, 3.05) is 0 Å². The summed E-state index contributed by atoms with van der Waals surface area (Å²) in [6.45, 7) is 5.68. The van der Waals surface area contributed by atoms with Crippen LogP contribution in [0.5, 0.6) is 0 Å². The molecule has 3 N–H and O–H groups in total. The van der Waals surface area contributed by atoms with Crippen LogP contribution in [0.2, 0.25) is 0 Å². The van der Waals surface area contributed by atoms with Crippen LogP contribution in [0.1, 0.15) is 63.9 Å². The highest BCUT2D eigenvalue weighted by molar-refractivity contribution is 5.66. The molecule has 1 rings (SSSR count). The van der Waals surface area contributed by atoms with Gasteiger partial charge in [-0.3, -0.25) is 4.79 Å². The Morgan fingerprint density at radius 1 is 1.13 bits per heavy atom. The molecule has 23 heavy (non-hydrogen) atoms. The third-order valence-electron chi connectivity index (χ3n) is 3.45. The lowest BCUT2D eigenvalue weighted by molar-refractivity contribution is -0.137.